The maximum Gasteiger partial charge on any atom is 0.353 e. The van der Waals surface area contributed by atoms with Crippen molar-refractivity contribution in [3.63, 3.8) is 0 Å². The number of carboxylic acid groups (broad SMARTS) is 1. The molecule has 1 saturated heterocycles. The largest absolute Gasteiger partial charge is 0.477 e. The van der Waals surface area contributed by atoms with Crippen molar-refractivity contribution in [2.45, 2.75) is 16.6 Å². The SMILES string of the molecule is CO/N=C(\C(=O)NC1C(=O)N2C(C(=O)O)=C(SCSc3nccc(N)n3)CSC12)c1csc(N)n1. The third-order valence-electron chi connectivity index (χ3n) is 4.66. The molecular weight excluding hydrogens is 537 g/mol. The van der Waals surface area contributed by atoms with Gasteiger partial charge in [0.2, 0.25) is 0 Å². The van der Waals surface area contributed by atoms with Gasteiger partial charge in [0.25, 0.3) is 11.8 Å². The van der Waals surface area contributed by atoms with E-state index >= 15 is 0 Å². The molecule has 184 valence electrons. The number of nitrogen functional groups attached to an aromatic ring is 2. The number of fused-ring (bicyclic) bond motifs is 1. The number of thiazole rings is 1. The van der Waals surface area contributed by atoms with Gasteiger partial charge in [-0.1, -0.05) is 16.9 Å². The van der Waals surface area contributed by atoms with E-state index in [1.165, 1.54) is 53.5 Å². The number of aliphatic carboxylic acids is 1. The number of nitrogens with one attached hydrogen (secondary N) is 1. The van der Waals surface area contributed by atoms with Crippen LogP contribution in [-0.4, -0.2) is 77.8 Å². The second-order valence-electron chi connectivity index (χ2n) is 6.80. The summed E-state index contributed by atoms with van der Waals surface area (Å²) in [5.41, 5.74) is 11.3. The zero-order valence-electron chi connectivity index (χ0n) is 17.9. The summed E-state index contributed by atoms with van der Waals surface area (Å²) in [6.07, 6.45) is 1.54. The Balaban J connectivity index is 1.44. The third-order valence-corrected chi connectivity index (χ3v) is 8.88. The lowest BCUT2D eigenvalue weighted by Crippen LogP contribution is -2.71. The van der Waals surface area contributed by atoms with E-state index in [0.29, 0.717) is 26.7 Å². The van der Waals surface area contributed by atoms with Gasteiger partial charge in [-0.25, -0.2) is 19.7 Å². The van der Waals surface area contributed by atoms with Crippen LogP contribution in [0.4, 0.5) is 10.9 Å². The molecule has 2 atom stereocenters. The minimum absolute atomic E-state index is 0.0959. The summed E-state index contributed by atoms with van der Waals surface area (Å²) in [6, 6.07) is 0.642. The summed E-state index contributed by atoms with van der Waals surface area (Å²) in [5.74, 6) is -1.75. The molecule has 17 heteroatoms. The van der Waals surface area contributed by atoms with Crippen molar-refractivity contribution in [3.05, 3.63) is 33.9 Å². The highest BCUT2D eigenvalue weighted by Crippen LogP contribution is 2.44. The second-order valence-corrected chi connectivity index (χ2v) is 11.2. The number of carbonyl (C=O) groups excluding carboxylic acids is 2. The highest BCUT2D eigenvalue weighted by Gasteiger charge is 2.54. The van der Waals surface area contributed by atoms with Gasteiger partial charge in [0, 0.05) is 22.2 Å². The van der Waals surface area contributed by atoms with Crippen LogP contribution in [0.3, 0.4) is 0 Å². The molecule has 0 saturated carbocycles. The molecule has 0 radical (unpaired) electrons. The summed E-state index contributed by atoms with van der Waals surface area (Å²) in [4.78, 5) is 56.4. The van der Waals surface area contributed by atoms with Crippen molar-refractivity contribution in [1.29, 1.82) is 0 Å². The van der Waals surface area contributed by atoms with Crippen LogP contribution in [-0.2, 0) is 19.2 Å². The minimum atomic E-state index is -1.22. The number of carboxylic acids is 1. The molecule has 6 N–H and O–H groups in total. The van der Waals surface area contributed by atoms with Crippen LogP contribution >= 0.6 is 46.6 Å². The Morgan fingerprint density at radius 3 is 2.83 bits per heavy atom. The number of β-lactam (4-membered cyclic amide) rings is 1. The molecule has 0 spiro atoms. The number of carbonyl (C=O) groups is 3. The molecule has 0 aromatic carbocycles. The molecule has 0 bridgehead atoms. The average molecular weight is 555 g/mol. The molecule has 13 nitrogen and oxygen atoms in total. The number of aromatic nitrogens is 3. The quantitative estimate of drug-likeness (QED) is 0.0841. The molecule has 2 aliphatic rings. The fraction of sp³-hybridized carbons (Fsp3) is 0.278. The molecule has 2 unspecified atom stereocenters. The monoisotopic (exact) mass is 554 g/mol. The van der Waals surface area contributed by atoms with E-state index in [9.17, 15) is 19.5 Å². The first-order valence-electron chi connectivity index (χ1n) is 9.68. The van der Waals surface area contributed by atoms with Gasteiger partial charge < -0.3 is 26.7 Å². The summed E-state index contributed by atoms with van der Waals surface area (Å²) in [5, 5.41) is 18.2. The molecular formula is C18H18N8O5S4. The smallest absolute Gasteiger partial charge is 0.353 e. The first-order valence-corrected chi connectivity index (χ1v) is 13.6. The highest BCUT2D eigenvalue weighted by molar-refractivity contribution is 8.18. The lowest BCUT2D eigenvalue weighted by atomic mass is 10.0. The Morgan fingerprint density at radius 2 is 2.17 bits per heavy atom. The highest BCUT2D eigenvalue weighted by atomic mass is 32.2. The normalized spacial score (nSPS) is 19.7. The number of rotatable bonds is 9. The van der Waals surface area contributed by atoms with Crippen LogP contribution in [0, 0.1) is 0 Å². The zero-order chi connectivity index (χ0) is 25.1. The number of anilines is 2. The van der Waals surface area contributed by atoms with E-state index in [2.05, 4.69) is 25.4 Å². The van der Waals surface area contributed by atoms with E-state index in [1.54, 1.807) is 11.4 Å². The average Bonchev–Trinajstić information content (AvgIpc) is 3.26. The van der Waals surface area contributed by atoms with Crippen LogP contribution in [0.25, 0.3) is 0 Å². The number of nitrogens with zero attached hydrogens (tertiary/aromatic N) is 5. The third kappa shape index (κ3) is 5.31. The summed E-state index contributed by atoms with van der Waals surface area (Å²) in [6.45, 7) is 0. The Morgan fingerprint density at radius 1 is 1.37 bits per heavy atom. The zero-order valence-corrected chi connectivity index (χ0v) is 21.2. The standard InChI is InChI=1S/C18H18N8O5S4/c1-31-25-10(7-4-33-17(20)22-7)13(27)24-11-14(28)26-12(16(29)30)8(5-32-15(11)26)34-6-35-18-21-3-2-9(19)23-18/h2-4,11,15H,5-6H2,1H3,(H2,20,22)(H,24,27)(H,29,30)(H2,19,21,23)/b25-10-. The minimum Gasteiger partial charge on any atom is -0.477 e. The Hall–Kier alpha value is -3.02. The fourth-order valence-corrected chi connectivity index (χ4v) is 7.31. The van der Waals surface area contributed by atoms with Crippen LogP contribution in [0.1, 0.15) is 5.69 Å². The molecule has 2 aromatic rings. The summed E-state index contributed by atoms with van der Waals surface area (Å²) < 4.78 is 0. The maximum atomic E-state index is 12.9. The molecule has 2 aliphatic heterocycles. The Labute approximate surface area is 215 Å². The Kier molecular flexibility index (Phi) is 7.68. The van der Waals surface area contributed by atoms with Gasteiger partial charge in [0.05, 0.1) is 5.08 Å². The fourth-order valence-electron chi connectivity index (χ4n) is 3.18. The first-order chi connectivity index (χ1) is 16.8. The number of thioether (sulfide) groups is 3. The number of amides is 2. The van der Waals surface area contributed by atoms with Crippen LogP contribution in [0.15, 0.2) is 38.6 Å². The van der Waals surface area contributed by atoms with Gasteiger partial charge in [-0.15, -0.1) is 34.9 Å². The first kappa shape index (κ1) is 25.1. The predicted molar refractivity (Wildman–Crippen MR) is 135 cm³/mol. The molecule has 2 aromatic heterocycles. The van der Waals surface area contributed by atoms with Crippen LogP contribution in [0.2, 0.25) is 0 Å². The van der Waals surface area contributed by atoms with Gasteiger partial charge in [0.1, 0.15) is 35.7 Å². The number of hydrogen-bond donors (Lipinski definition) is 4. The summed E-state index contributed by atoms with van der Waals surface area (Å²) >= 11 is 5.07. The van der Waals surface area contributed by atoms with Gasteiger partial charge in [-0.3, -0.25) is 14.5 Å². The lowest BCUT2D eigenvalue weighted by molar-refractivity contribution is -0.150. The maximum absolute atomic E-state index is 12.9. The van der Waals surface area contributed by atoms with Gasteiger partial charge in [0.15, 0.2) is 16.0 Å². The van der Waals surface area contributed by atoms with Crippen molar-refractivity contribution in [2.75, 3.05) is 29.4 Å². The van der Waals surface area contributed by atoms with Gasteiger partial charge >= 0.3 is 5.97 Å². The number of hydrogen-bond acceptors (Lipinski definition) is 14. The Bertz CT molecular complexity index is 1230. The molecule has 4 heterocycles. The van der Waals surface area contributed by atoms with Gasteiger partial charge in [-0.2, -0.15) is 0 Å². The van der Waals surface area contributed by atoms with Gasteiger partial charge in [-0.05, 0) is 6.07 Å². The van der Waals surface area contributed by atoms with Crippen molar-refractivity contribution < 1.29 is 24.3 Å². The predicted octanol–water partition coefficient (Wildman–Crippen LogP) is 0.627. The number of oxime groups is 1. The van der Waals surface area contributed by atoms with Crippen molar-refractivity contribution in [3.8, 4) is 0 Å². The molecule has 2 amide bonds. The van der Waals surface area contributed by atoms with E-state index < -0.39 is 29.2 Å². The van der Waals surface area contributed by atoms with Crippen molar-refractivity contribution in [2.24, 2.45) is 5.16 Å². The lowest BCUT2D eigenvalue weighted by Gasteiger charge is -2.49. The second kappa shape index (κ2) is 10.7. The van der Waals surface area contributed by atoms with Crippen molar-refractivity contribution in [1.82, 2.24) is 25.2 Å². The van der Waals surface area contributed by atoms with E-state index in [1.807, 2.05) is 0 Å². The van der Waals surface area contributed by atoms with E-state index in [0.717, 1.165) is 11.3 Å². The molecule has 35 heavy (non-hydrogen) atoms. The topological polar surface area (TPSA) is 199 Å². The number of nitrogens with two attached hydrogens (primary N) is 2. The molecule has 1 fully saturated rings. The summed E-state index contributed by atoms with van der Waals surface area (Å²) in [7, 11) is 1.27. The van der Waals surface area contributed by atoms with Crippen LogP contribution < -0.4 is 16.8 Å². The molecule has 0 aliphatic carbocycles. The van der Waals surface area contributed by atoms with E-state index in [4.69, 9.17) is 16.3 Å². The van der Waals surface area contributed by atoms with Crippen LogP contribution in [0.5, 0.6) is 0 Å². The molecule has 4 rings (SSSR count). The van der Waals surface area contributed by atoms with E-state index in [-0.39, 0.29) is 22.2 Å². The van der Waals surface area contributed by atoms with Crippen molar-refractivity contribution >= 4 is 81.1 Å².